The van der Waals surface area contributed by atoms with Gasteiger partial charge in [-0.25, -0.2) is 19.9 Å². The fourth-order valence-electron chi connectivity index (χ4n) is 3.74. The number of aromatic nitrogens is 6. The Labute approximate surface area is 202 Å². The molecule has 0 aliphatic heterocycles. The Hall–Kier alpha value is -3.76. The first kappa shape index (κ1) is 22.1. The highest BCUT2D eigenvalue weighted by atomic mass is 35.5. The van der Waals surface area contributed by atoms with Crippen LogP contribution >= 0.6 is 23.4 Å². The monoisotopic (exact) mass is 491 g/mol. The lowest BCUT2D eigenvalue weighted by atomic mass is 10.2. The second-order valence-corrected chi connectivity index (χ2v) is 8.62. The van der Waals surface area contributed by atoms with Crippen LogP contribution in [-0.4, -0.2) is 35.7 Å². The van der Waals surface area contributed by atoms with Crippen molar-refractivity contribution in [3.05, 3.63) is 86.4 Å². The Morgan fingerprint density at radius 3 is 2.59 bits per heavy atom. The highest BCUT2D eigenvalue weighted by Crippen LogP contribution is 2.26. The van der Waals surface area contributed by atoms with E-state index in [1.54, 1.807) is 18.2 Å². The predicted octanol–water partition coefficient (Wildman–Crippen LogP) is 3.96. The Morgan fingerprint density at radius 1 is 1.03 bits per heavy atom. The van der Waals surface area contributed by atoms with E-state index in [1.165, 1.54) is 22.7 Å². The van der Waals surface area contributed by atoms with Crippen molar-refractivity contribution < 1.29 is 0 Å². The van der Waals surface area contributed by atoms with E-state index >= 15 is 0 Å². The quantitative estimate of drug-likeness (QED) is 0.280. The molecule has 0 unspecified atom stereocenters. The molecule has 1 atom stereocenters. The minimum Gasteiger partial charge on any atom is -0.360 e. The smallest absolute Gasteiger partial charge is 0.267 e. The third kappa shape index (κ3) is 3.80. The minimum absolute atomic E-state index is 0.226. The molecule has 5 rings (SSSR count). The van der Waals surface area contributed by atoms with Crippen LogP contribution in [0.2, 0.25) is 5.02 Å². The molecule has 170 valence electrons. The lowest BCUT2D eigenvalue weighted by Crippen LogP contribution is -2.28. The number of benzene rings is 2. The number of thioether (sulfide) groups is 1. The number of hydrogen-bond acceptors (Lipinski definition) is 8. The first-order chi connectivity index (χ1) is 16.5. The molecule has 0 aliphatic rings. The number of nitrogens with zero attached hydrogens (tertiary/aromatic N) is 5. The second kappa shape index (κ2) is 8.88. The van der Waals surface area contributed by atoms with E-state index in [4.69, 9.17) is 16.6 Å². The fraction of sp³-hybridized carbons (Fsp3) is 0.130. The summed E-state index contributed by atoms with van der Waals surface area (Å²) in [6, 6.07) is 13.8. The summed E-state index contributed by atoms with van der Waals surface area (Å²) in [6.45, 7) is 1.84. The van der Waals surface area contributed by atoms with Gasteiger partial charge < -0.3 is 10.3 Å². The second-order valence-electron chi connectivity index (χ2n) is 7.44. The van der Waals surface area contributed by atoms with E-state index in [0.717, 1.165) is 0 Å². The maximum atomic E-state index is 13.6. The molecule has 0 amide bonds. The number of nitrogens with one attached hydrogen (secondary N) is 2. The molecular weight excluding hydrogens is 474 g/mol. The van der Waals surface area contributed by atoms with Crippen LogP contribution in [0.25, 0.3) is 27.6 Å². The van der Waals surface area contributed by atoms with E-state index in [0.29, 0.717) is 38.4 Å². The number of aromatic amines is 1. The Morgan fingerprint density at radius 2 is 1.82 bits per heavy atom. The van der Waals surface area contributed by atoms with Crippen molar-refractivity contribution >= 4 is 51.1 Å². The highest BCUT2D eigenvalue weighted by molar-refractivity contribution is 7.98. The van der Waals surface area contributed by atoms with E-state index in [2.05, 4.69) is 25.3 Å². The van der Waals surface area contributed by atoms with Crippen molar-refractivity contribution in [1.29, 1.82) is 0 Å². The van der Waals surface area contributed by atoms with Crippen molar-refractivity contribution in [2.75, 3.05) is 11.6 Å². The molecule has 0 saturated carbocycles. The summed E-state index contributed by atoms with van der Waals surface area (Å²) in [6.07, 6.45) is 3.14. The molecule has 0 saturated heterocycles. The molecule has 0 fully saturated rings. The number of para-hydroxylation sites is 1. The number of halogens is 1. The van der Waals surface area contributed by atoms with Gasteiger partial charge in [-0.05, 0) is 37.4 Å². The summed E-state index contributed by atoms with van der Waals surface area (Å²) in [5.41, 5.74) is 0.734. The summed E-state index contributed by atoms with van der Waals surface area (Å²) in [7, 11) is 0. The molecule has 2 aromatic carbocycles. The van der Waals surface area contributed by atoms with Gasteiger partial charge in [0, 0.05) is 0 Å². The zero-order valence-electron chi connectivity index (χ0n) is 18.1. The van der Waals surface area contributed by atoms with Crippen molar-refractivity contribution in [2.24, 2.45) is 0 Å². The van der Waals surface area contributed by atoms with E-state index < -0.39 is 6.04 Å². The summed E-state index contributed by atoms with van der Waals surface area (Å²) in [5, 5.41) is 4.60. The number of hydrogen-bond donors (Lipinski definition) is 2. The fourth-order valence-corrected chi connectivity index (χ4v) is 4.36. The molecule has 5 aromatic rings. The van der Waals surface area contributed by atoms with Crippen molar-refractivity contribution in [2.45, 2.75) is 18.1 Å². The zero-order chi connectivity index (χ0) is 23.8. The lowest BCUT2D eigenvalue weighted by molar-refractivity contribution is 0.729. The van der Waals surface area contributed by atoms with Crippen LogP contribution in [0.5, 0.6) is 0 Å². The molecule has 2 N–H and O–H groups in total. The number of H-pyrrole nitrogens is 1. The van der Waals surface area contributed by atoms with Crippen LogP contribution in [0.4, 0.5) is 5.82 Å². The van der Waals surface area contributed by atoms with Gasteiger partial charge in [-0.2, -0.15) is 0 Å². The molecule has 9 nitrogen and oxygen atoms in total. The van der Waals surface area contributed by atoms with Gasteiger partial charge >= 0.3 is 0 Å². The van der Waals surface area contributed by atoms with Crippen molar-refractivity contribution in [1.82, 2.24) is 29.5 Å². The normalized spacial score (nSPS) is 12.2. The third-order valence-corrected chi connectivity index (χ3v) is 6.15. The van der Waals surface area contributed by atoms with Gasteiger partial charge in [0.05, 0.1) is 34.0 Å². The Kier molecular flexibility index (Phi) is 5.76. The average molecular weight is 492 g/mol. The van der Waals surface area contributed by atoms with Crippen LogP contribution < -0.4 is 16.4 Å². The molecule has 34 heavy (non-hydrogen) atoms. The summed E-state index contributed by atoms with van der Waals surface area (Å²) in [5.74, 6) is 0.736. The first-order valence-corrected chi connectivity index (χ1v) is 11.9. The van der Waals surface area contributed by atoms with E-state index in [-0.39, 0.29) is 22.2 Å². The number of rotatable bonds is 5. The van der Waals surface area contributed by atoms with Crippen LogP contribution in [-0.2, 0) is 0 Å². The average Bonchev–Trinajstić information content (AvgIpc) is 2.84. The highest BCUT2D eigenvalue weighted by Gasteiger charge is 2.21. The van der Waals surface area contributed by atoms with Gasteiger partial charge in [-0.3, -0.25) is 14.2 Å². The third-order valence-electron chi connectivity index (χ3n) is 5.29. The van der Waals surface area contributed by atoms with Gasteiger partial charge in [-0.15, -0.1) is 0 Å². The van der Waals surface area contributed by atoms with Gasteiger partial charge in [0.15, 0.2) is 10.8 Å². The molecule has 0 bridgehead atoms. The molecule has 0 radical (unpaired) electrons. The van der Waals surface area contributed by atoms with Crippen LogP contribution in [0, 0.1) is 0 Å². The maximum Gasteiger partial charge on any atom is 0.267 e. The summed E-state index contributed by atoms with van der Waals surface area (Å²) < 4.78 is 1.52. The minimum atomic E-state index is -0.524. The van der Waals surface area contributed by atoms with Gasteiger partial charge in [0.25, 0.3) is 11.1 Å². The Balaban J connectivity index is 1.73. The summed E-state index contributed by atoms with van der Waals surface area (Å²) in [4.78, 5) is 46.5. The number of fused-ring (bicyclic) bond motifs is 2. The SMILES string of the molecule is CSc1nc(N[C@@H](C)c2nc3cccc(Cl)c3c(=O)n2-c2ccccc2)c2c(=O)[nH]cnc2n1. The van der Waals surface area contributed by atoms with Gasteiger partial charge in [-0.1, -0.05) is 47.6 Å². The maximum absolute atomic E-state index is 13.6. The molecule has 0 aliphatic carbocycles. The van der Waals surface area contributed by atoms with Crippen molar-refractivity contribution in [3.63, 3.8) is 0 Å². The largest absolute Gasteiger partial charge is 0.360 e. The summed E-state index contributed by atoms with van der Waals surface area (Å²) >= 11 is 7.70. The van der Waals surface area contributed by atoms with E-state index in [9.17, 15) is 9.59 Å². The van der Waals surface area contributed by atoms with E-state index in [1.807, 2.05) is 43.5 Å². The molecule has 3 aromatic heterocycles. The van der Waals surface area contributed by atoms with Crippen molar-refractivity contribution in [3.8, 4) is 5.69 Å². The van der Waals surface area contributed by atoms with Gasteiger partial charge in [0.2, 0.25) is 0 Å². The van der Waals surface area contributed by atoms with Gasteiger partial charge in [0.1, 0.15) is 17.0 Å². The molecule has 11 heteroatoms. The standard InChI is InChI=1S/C23H18ClN7O2S/c1-12(27-19-17-18(25-11-26-21(17)32)29-23(30-19)34-2)20-28-15-10-6-9-14(24)16(15)22(33)31(20)13-7-4-3-5-8-13/h3-12H,1-2H3,(H2,25,26,27,29,30,32)/t12-/m0/s1. The number of anilines is 1. The van der Waals surface area contributed by atoms with Crippen LogP contribution in [0.15, 0.2) is 69.6 Å². The molecule has 0 spiro atoms. The molecular formula is C23H18ClN7O2S. The predicted molar refractivity (Wildman–Crippen MR) is 134 cm³/mol. The Bertz CT molecular complexity index is 1650. The topological polar surface area (TPSA) is 118 Å². The van der Waals surface area contributed by atoms with Crippen LogP contribution in [0.1, 0.15) is 18.8 Å². The molecule has 3 heterocycles. The lowest BCUT2D eigenvalue weighted by Gasteiger charge is -2.21. The first-order valence-electron chi connectivity index (χ1n) is 10.3. The van der Waals surface area contributed by atoms with Crippen LogP contribution in [0.3, 0.4) is 0 Å². The zero-order valence-corrected chi connectivity index (χ0v) is 19.7.